The molecule has 2 fully saturated rings. The van der Waals surface area contributed by atoms with Crippen molar-refractivity contribution in [3.05, 3.63) is 46.8 Å². The van der Waals surface area contributed by atoms with Crippen LogP contribution in [0, 0.1) is 0 Å². The Kier molecular flexibility index (Phi) is 6.26. The Morgan fingerprint density at radius 2 is 1.84 bits per heavy atom. The number of thiophene rings is 1. The van der Waals surface area contributed by atoms with Gasteiger partial charge in [0.2, 0.25) is 11.9 Å². The predicted octanol–water partition coefficient (Wildman–Crippen LogP) is 4.50. The van der Waals surface area contributed by atoms with Gasteiger partial charge in [0.1, 0.15) is 10.6 Å². The zero-order valence-electron chi connectivity index (χ0n) is 18.7. The molecule has 1 aliphatic carbocycles. The molecule has 2 aromatic heterocycles. The second-order valence-corrected chi connectivity index (χ2v) is 9.93. The summed E-state index contributed by atoms with van der Waals surface area (Å²) in [7, 11) is 0. The Morgan fingerprint density at radius 1 is 1.09 bits per heavy atom. The number of carbonyl (C=O) groups excluding carboxylic acids is 1. The number of piperazine rings is 1. The van der Waals surface area contributed by atoms with Gasteiger partial charge < -0.3 is 15.1 Å². The number of hydrogen-bond acceptors (Lipinski definition) is 6. The lowest BCUT2D eigenvalue weighted by Gasteiger charge is -2.36. The predicted molar refractivity (Wildman–Crippen MR) is 132 cm³/mol. The summed E-state index contributed by atoms with van der Waals surface area (Å²) in [6.45, 7) is 5.24. The van der Waals surface area contributed by atoms with E-state index in [1.54, 1.807) is 11.3 Å². The van der Waals surface area contributed by atoms with Crippen LogP contribution in [-0.4, -0.2) is 53.0 Å². The summed E-state index contributed by atoms with van der Waals surface area (Å²) < 4.78 is 0. The van der Waals surface area contributed by atoms with Crippen LogP contribution >= 0.6 is 11.3 Å². The van der Waals surface area contributed by atoms with E-state index in [0.717, 1.165) is 60.1 Å². The number of nitrogens with one attached hydrogen (secondary N) is 1. The van der Waals surface area contributed by atoms with E-state index in [0.29, 0.717) is 12.5 Å². The van der Waals surface area contributed by atoms with Crippen molar-refractivity contribution in [2.45, 2.75) is 51.5 Å². The Balaban J connectivity index is 1.32. The van der Waals surface area contributed by atoms with Crippen molar-refractivity contribution < 1.29 is 4.79 Å². The van der Waals surface area contributed by atoms with Gasteiger partial charge in [0.25, 0.3) is 0 Å². The van der Waals surface area contributed by atoms with Crippen LogP contribution in [0.1, 0.15) is 43.0 Å². The normalized spacial score (nSPS) is 17.3. The fraction of sp³-hybridized carbons (Fsp3) is 0.480. The van der Waals surface area contributed by atoms with E-state index in [-0.39, 0.29) is 5.91 Å². The van der Waals surface area contributed by atoms with Crippen LogP contribution in [0.3, 0.4) is 0 Å². The van der Waals surface area contributed by atoms with Gasteiger partial charge in [-0.3, -0.25) is 4.79 Å². The fourth-order valence-electron chi connectivity index (χ4n) is 4.74. The molecule has 0 atom stereocenters. The van der Waals surface area contributed by atoms with Crippen LogP contribution in [0.15, 0.2) is 36.4 Å². The number of anilines is 2. The maximum absolute atomic E-state index is 12.8. The van der Waals surface area contributed by atoms with Gasteiger partial charge in [-0.15, -0.1) is 11.3 Å². The minimum atomic E-state index is 0.205. The minimum Gasteiger partial charge on any atom is -0.352 e. The topological polar surface area (TPSA) is 61.4 Å². The van der Waals surface area contributed by atoms with Crippen molar-refractivity contribution in [3.8, 4) is 0 Å². The first-order valence-electron chi connectivity index (χ1n) is 11.8. The Morgan fingerprint density at radius 3 is 2.56 bits per heavy atom. The van der Waals surface area contributed by atoms with Crippen molar-refractivity contribution in [1.29, 1.82) is 0 Å². The number of aryl methyl sites for hydroxylation is 1. The molecular weight excluding hydrogens is 418 g/mol. The van der Waals surface area contributed by atoms with Gasteiger partial charge in [0.05, 0.1) is 11.8 Å². The molecule has 32 heavy (non-hydrogen) atoms. The SMILES string of the molecule is CCc1cc2c(N3CCN(C(=O)Cc4ccccc4)CC3)nc(NC3CCCC3)nc2s1. The molecule has 3 aromatic rings. The number of carbonyl (C=O) groups is 1. The van der Waals surface area contributed by atoms with Gasteiger partial charge in [-0.05, 0) is 30.9 Å². The molecule has 1 amide bonds. The van der Waals surface area contributed by atoms with E-state index in [4.69, 9.17) is 9.97 Å². The van der Waals surface area contributed by atoms with Crippen molar-refractivity contribution in [3.63, 3.8) is 0 Å². The molecule has 7 heteroatoms. The van der Waals surface area contributed by atoms with E-state index in [9.17, 15) is 4.79 Å². The molecule has 3 heterocycles. The van der Waals surface area contributed by atoms with Crippen LogP contribution in [-0.2, 0) is 17.6 Å². The average Bonchev–Trinajstić information content (AvgIpc) is 3.49. The standard InChI is InChI=1S/C25H31N5OS/c1-2-20-17-21-23(27-25(28-24(21)32-20)26-19-10-6-7-11-19)30-14-12-29(13-15-30)22(31)16-18-8-4-3-5-9-18/h3-5,8-9,17,19H,2,6-7,10-16H2,1H3,(H,26,27,28). The van der Waals surface area contributed by atoms with Crippen molar-refractivity contribution >= 4 is 39.2 Å². The molecule has 1 saturated carbocycles. The molecule has 1 N–H and O–H groups in total. The van der Waals surface area contributed by atoms with Gasteiger partial charge in [0.15, 0.2) is 0 Å². The molecule has 1 aliphatic heterocycles. The lowest BCUT2D eigenvalue weighted by molar-refractivity contribution is -0.130. The summed E-state index contributed by atoms with van der Waals surface area (Å²) in [5.41, 5.74) is 1.07. The lowest BCUT2D eigenvalue weighted by Crippen LogP contribution is -2.49. The molecule has 0 bridgehead atoms. The van der Waals surface area contributed by atoms with Crippen molar-refractivity contribution in [2.24, 2.45) is 0 Å². The van der Waals surface area contributed by atoms with Gasteiger partial charge in [-0.25, -0.2) is 4.98 Å². The molecule has 6 nitrogen and oxygen atoms in total. The highest BCUT2D eigenvalue weighted by Gasteiger charge is 2.25. The molecular formula is C25H31N5OS. The third-order valence-electron chi connectivity index (χ3n) is 6.59. The summed E-state index contributed by atoms with van der Waals surface area (Å²) in [6, 6.07) is 12.7. The highest BCUT2D eigenvalue weighted by molar-refractivity contribution is 7.18. The summed E-state index contributed by atoms with van der Waals surface area (Å²) in [4.78, 5) is 29.4. The first kappa shape index (κ1) is 21.2. The number of aromatic nitrogens is 2. The lowest BCUT2D eigenvalue weighted by atomic mass is 10.1. The quantitative estimate of drug-likeness (QED) is 0.600. The number of rotatable bonds is 6. The third kappa shape index (κ3) is 4.58. The molecule has 168 valence electrons. The molecule has 1 saturated heterocycles. The van der Waals surface area contributed by atoms with Crippen molar-refractivity contribution in [2.75, 3.05) is 36.4 Å². The second kappa shape index (κ2) is 9.45. The molecule has 0 radical (unpaired) electrons. The van der Waals surface area contributed by atoms with Crippen molar-refractivity contribution in [1.82, 2.24) is 14.9 Å². The average molecular weight is 450 g/mol. The molecule has 1 aromatic carbocycles. The highest BCUT2D eigenvalue weighted by Crippen LogP contribution is 2.33. The van der Waals surface area contributed by atoms with Crippen LogP contribution < -0.4 is 10.2 Å². The zero-order chi connectivity index (χ0) is 21.9. The Hall–Kier alpha value is -2.67. The van der Waals surface area contributed by atoms with Crippen LogP contribution in [0.4, 0.5) is 11.8 Å². The molecule has 5 rings (SSSR count). The summed E-state index contributed by atoms with van der Waals surface area (Å²) in [5.74, 6) is 1.98. The minimum absolute atomic E-state index is 0.205. The molecule has 2 aliphatic rings. The van der Waals surface area contributed by atoms with E-state index in [1.165, 1.54) is 30.6 Å². The van der Waals surface area contributed by atoms with Gasteiger partial charge >= 0.3 is 0 Å². The van der Waals surface area contributed by atoms with Gasteiger partial charge in [0, 0.05) is 37.1 Å². The number of nitrogens with zero attached hydrogens (tertiary/aromatic N) is 4. The largest absolute Gasteiger partial charge is 0.352 e. The number of benzene rings is 1. The third-order valence-corrected chi connectivity index (χ3v) is 7.76. The summed E-state index contributed by atoms with van der Waals surface area (Å²) in [5, 5.41) is 4.73. The monoisotopic (exact) mass is 449 g/mol. The van der Waals surface area contributed by atoms with E-state index in [1.807, 2.05) is 35.2 Å². The van der Waals surface area contributed by atoms with Crippen LogP contribution in [0.25, 0.3) is 10.2 Å². The number of hydrogen-bond donors (Lipinski definition) is 1. The first-order valence-corrected chi connectivity index (χ1v) is 12.6. The van der Waals surface area contributed by atoms with Crippen LogP contribution in [0.2, 0.25) is 0 Å². The zero-order valence-corrected chi connectivity index (χ0v) is 19.5. The van der Waals surface area contributed by atoms with Crippen LogP contribution in [0.5, 0.6) is 0 Å². The molecule has 0 unspecified atom stereocenters. The van der Waals surface area contributed by atoms with Gasteiger partial charge in [-0.1, -0.05) is 50.1 Å². The smallest absolute Gasteiger partial charge is 0.227 e. The number of fused-ring (bicyclic) bond motifs is 1. The van der Waals surface area contributed by atoms with E-state index < -0.39 is 0 Å². The maximum atomic E-state index is 12.8. The highest BCUT2D eigenvalue weighted by atomic mass is 32.1. The Bertz CT molecular complexity index is 1070. The summed E-state index contributed by atoms with van der Waals surface area (Å²) >= 11 is 1.77. The molecule has 0 spiro atoms. The maximum Gasteiger partial charge on any atom is 0.227 e. The van der Waals surface area contributed by atoms with E-state index in [2.05, 4.69) is 23.2 Å². The Labute approximate surface area is 193 Å². The summed E-state index contributed by atoms with van der Waals surface area (Å²) in [6.07, 6.45) is 6.44. The van der Waals surface area contributed by atoms with Gasteiger partial charge in [-0.2, -0.15) is 4.98 Å². The first-order chi connectivity index (χ1) is 15.7. The number of amides is 1. The van der Waals surface area contributed by atoms with E-state index >= 15 is 0 Å². The second-order valence-electron chi connectivity index (χ2n) is 8.81. The fourth-order valence-corrected chi connectivity index (χ4v) is 5.70.